The van der Waals surface area contributed by atoms with Gasteiger partial charge in [0.15, 0.2) is 0 Å². The van der Waals surface area contributed by atoms with Crippen molar-refractivity contribution >= 4 is 17.5 Å². The Bertz CT molecular complexity index is 578. The van der Waals surface area contributed by atoms with E-state index in [0.29, 0.717) is 0 Å². The van der Waals surface area contributed by atoms with Gasteiger partial charge in [-0.3, -0.25) is 14.5 Å². The van der Waals surface area contributed by atoms with Gasteiger partial charge < -0.3 is 16.4 Å². The van der Waals surface area contributed by atoms with E-state index in [0.717, 1.165) is 25.3 Å². The number of carbonyl (C=O) groups is 2. The Morgan fingerprint density at radius 1 is 1.08 bits per heavy atom. The van der Waals surface area contributed by atoms with Crippen LogP contribution in [0, 0.1) is 5.92 Å². The highest BCUT2D eigenvalue weighted by molar-refractivity contribution is 5.95. The van der Waals surface area contributed by atoms with Crippen molar-refractivity contribution in [3.8, 4) is 0 Å². The lowest BCUT2D eigenvalue weighted by Gasteiger charge is -2.19. The number of hydrogen-bond donors (Lipinski definition) is 3. The molecular weight excluding hydrogens is 328 g/mol. The SMILES string of the molecule is CC(C)[C@H](N)C(=O)NCC(=O)Nc1ccc(CN2CCCCCC2)cc1. The molecule has 6 nitrogen and oxygen atoms in total. The van der Waals surface area contributed by atoms with E-state index < -0.39 is 6.04 Å². The number of nitrogens with one attached hydrogen (secondary N) is 2. The molecule has 0 saturated carbocycles. The zero-order valence-electron chi connectivity index (χ0n) is 16.0. The van der Waals surface area contributed by atoms with E-state index in [1.54, 1.807) is 0 Å². The zero-order valence-corrected chi connectivity index (χ0v) is 16.0. The predicted octanol–water partition coefficient (Wildman–Crippen LogP) is 2.10. The first-order valence-corrected chi connectivity index (χ1v) is 9.60. The Hall–Kier alpha value is -1.92. The average molecular weight is 361 g/mol. The fraction of sp³-hybridized carbons (Fsp3) is 0.600. The summed E-state index contributed by atoms with van der Waals surface area (Å²) in [6.07, 6.45) is 5.22. The number of likely N-dealkylation sites (tertiary alicyclic amines) is 1. The number of benzene rings is 1. The first kappa shape index (κ1) is 20.4. The number of rotatable bonds is 7. The summed E-state index contributed by atoms with van der Waals surface area (Å²) in [5.74, 6) is -0.521. The third kappa shape index (κ3) is 6.77. The van der Waals surface area contributed by atoms with E-state index >= 15 is 0 Å². The molecule has 1 aliphatic rings. The van der Waals surface area contributed by atoms with Crippen LogP contribution < -0.4 is 16.4 Å². The summed E-state index contributed by atoms with van der Waals surface area (Å²) in [5, 5.41) is 5.37. The molecule has 2 rings (SSSR count). The number of nitrogens with zero attached hydrogens (tertiary/aromatic N) is 1. The molecule has 1 aromatic carbocycles. The maximum absolute atomic E-state index is 12.0. The van der Waals surface area contributed by atoms with Gasteiger partial charge in [0.2, 0.25) is 11.8 Å². The van der Waals surface area contributed by atoms with E-state index in [2.05, 4.69) is 15.5 Å². The number of nitrogens with two attached hydrogens (primary N) is 1. The lowest BCUT2D eigenvalue weighted by Crippen LogP contribution is -2.46. The number of carbonyl (C=O) groups excluding carboxylic acids is 2. The minimum Gasteiger partial charge on any atom is -0.346 e. The monoisotopic (exact) mass is 360 g/mol. The highest BCUT2D eigenvalue weighted by atomic mass is 16.2. The third-order valence-electron chi connectivity index (χ3n) is 4.79. The average Bonchev–Trinajstić information content (AvgIpc) is 2.89. The molecule has 26 heavy (non-hydrogen) atoms. The molecule has 4 N–H and O–H groups in total. The number of hydrogen-bond acceptors (Lipinski definition) is 4. The molecule has 0 spiro atoms. The molecule has 6 heteroatoms. The molecule has 0 aliphatic carbocycles. The van der Waals surface area contributed by atoms with Crippen LogP contribution in [-0.4, -0.2) is 42.4 Å². The molecular formula is C20H32N4O2. The first-order chi connectivity index (χ1) is 12.5. The Labute approximate surface area is 156 Å². The van der Waals surface area contributed by atoms with Gasteiger partial charge in [-0.05, 0) is 49.5 Å². The van der Waals surface area contributed by atoms with Crippen molar-refractivity contribution < 1.29 is 9.59 Å². The lowest BCUT2D eigenvalue weighted by atomic mass is 10.1. The summed E-state index contributed by atoms with van der Waals surface area (Å²) in [4.78, 5) is 26.2. The van der Waals surface area contributed by atoms with Gasteiger partial charge in [-0.15, -0.1) is 0 Å². The molecule has 0 unspecified atom stereocenters. The van der Waals surface area contributed by atoms with E-state index in [9.17, 15) is 9.59 Å². The summed E-state index contributed by atoms with van der Waals surface area (Å²) in [5.41, 5.74) is 7.74. The van der Waals surface area contributed by atoms with Crippen molar-refractivity contribution in [3.63, 3.8) is 0 Å². The Balaban J connectivity index is 1.77. The van der Waals surface area contributed by atoms with Gasteiger partial charge in [-0.25, -0.2) is 0 Å². The van der Waals surface area contributed by atoms with E-state index in [1.807, 2.05) is 38.1 Å². The van der Waals surface area contributed by atoms with Crippen molar-refractivity contribution in [3.05, 3.63) is 29.8 Å². The van der Waals surface area contributed by atoms with Crippen LogP contribution in [0.25, 0.3) is 0 Å². The maximum Gasteiger partial charge on any atom is 0.243 e. The van der Waals surface area contributed by atoms with E-state index in [-0.39, 0.29) is 24.3 Å². The molecule has 0 radical (unpaired) electrons. The second kappa shape index (κ2) is 10.3. The van der Waals surface area contributed by atoms with E-state index in [1.165, 1.54) is 31.2 Å². The van der Waals surface area contributed by atoms with Crippen LogP contribution in [0.4, 0.5) is 5.69 Å². The fourth-order valence-corrected chi connectivity index (χ4v) is 3.04. The van der Waals surface area contributed by atoms with Crippen LogP contribution in [0.15, 0.2) is 24.3 Å². The molecule has 1 heterocycles. The summed E-state index contributed by atoms with van der Waals surface area (Å²) in [6, 6.07) is 7.32. The maximum atomic E-state index is 12.0. The quantitative estimate of drug-likeness (QED) is 0.695. The van der Waals surface area contributed by atoms with Gasteiger partial charge >= 0.3 is 0 Å². The number of anilines is 1. The topological polar surface area (TPSA) is 87.5 Å². The van der Waals surface area contributed by atoms with Crippen molar-refractivity contribution in [2.24, 2.45) is 11.7 Å². The molecule has 1 saturated heterocycles. The van der Waals surface area contributed by atoms with Crippen LogP contribution in [0.3, 0.4) is 0 Å². The van der Waals surface area contributed by atoms with Gasteiger partial charge in [0.25, 0.3) is 0 Å². The van der Waals surface area contributed by atoms with Crippen LogP contribution in [0.2, 0.25) is 0 Å². The van der Waals surface area contributed by atoms with Crippen LogP contribution in [-0.2, 0) is 16.1 Å². The molecule has 144 valence electrons. The molecule has 0 bridgehead atoms. The zero-order chi connectivity index (χ0) is 18.9. The largest absolute Gasteiger partial charge is 0.346 e. The van der Waals surface area contributed by atoms with Crippen LogP contribution >= 0.6 is 0 Å². The standard InChI is InChI=1S/C20H32N4O2/c1-15(2)19(21)20(26)22-13-18(25)23-17-9-7-16(8-10-17)14-24-11-5-3-4-6-12-24/h7-10,15,19H,3-6,11-14,21H2,1-2H3,(H,22,26)(H,23,25)/t19-/m0/s1. The van der Waals surface area contributed by atoms with Gasteiger partial charge in [0.05, 0.1) is 12.6 Å². The minimum absolute atomic E-state index is 0.0369. The van der Waals surface area contributed by atoms with Crippen LogP contribution in [0.5, 0.6) is 0 Å². The molecule has 1 atom stereocenters. The minimum atomic E-state index is -0.596. The van der Waals surface area contributed by atoms with Crippen molar-refractivity contribution in [2.75, 3.05) is 25.0 Å². The summed E-state index contributed by atoms with van der Waals surface area (Å²) >= 11 is 0. The third-order valence-corrected chi connectivity index (χ3v) is 4.79. The summed E-state index contributed by atoms with van der Waals surface area (Å²) in [7, 11) is 0. The molecule has 1 fully saturated rings. The van der Waals surface area contributed by atoms with E-state index in [4.69, 9.17) is 5.73 Å². The van der Waals surface area contributed by atoms with Crippen molar-refractivity contribution in [2.45, 2.75) is 52.1 Å². The fourth-order valence-electron chi connectivity index (χ4n) is 3.04. The smallest absolute Gasteiger partial charge is 0.243 e. The van der Waals surface area contributed by atoms with Gasteiger partial charge in [-0.2, -0.15) is 0 Å². The highest BCUT2D eigenvalue weighted by Crippen LogP contribution is 2.15. The van der Waals surface area contributed by atoms with Gasteiger partial charge in [0, 0.05) is 12.2 Å². The molecule has 2 amide bonds. The molecule has 0 aromatic heterocycles. The molecule has 1 aliphatic heterocycles. The van der Waals surface area contributed by atoms with Gasteiger partial charge in [-0.1, -0.05) is 38.8 Å². The Morgan fingerprint density at radius 2 is 1.69 bits per heavy atom. The lowest BCUT2D eigenvalue weighted by molar-refractivity contribution is -0.125. The van der Waals surface area contributed by atoms with Crippen LogP contribution in [0.1, 0.15) is 45.1 Å². The second-order valence-corrected chi connectivity index (χ2v) is 7.42. The first-order valence-electron chi connectivity index (χ1n) is 9.60. The molecule has 1 aromatic rings. The normalized spacial score (nSPS) is 16.8. The predicted molar refractivity (Wildman–Crippen MR) is 105 cm³/mol. The van der Waals surface area contributed by atoms with Gasteiger partial charge in [0.1, 0.15) is 0 Å². The van der Waals surface area contributed by atoms with Crippen molar-refractivity contribution in [1.82, 2.24) is 10.2 Å². The summed E-state index contributed by atoms with van der Waals surface area (Å²) in [6.45, 7) is 6.95. The highest BCUT2D eigenvalue weighted by Gasteiger charge is 2.17. The Kier molecular flexibility index (Phi) is 8.06. The summed E-state index contributed by atoms with van der Waals surface area (Å²) < 4.78 is 0. The van der Waals surface area contributed by atoms with Crippen molar-refractivity contribution in [1.29, 1.82) is 0 Å². The second-order valence-electron chi connectivity index (χ2n) is 7.42. The Morgan fingerprint density at radius 3 is 2.27 bits per heavy atom. The number of amides is 2.